The van der Waals surface area contributed by atoms with E-state index in [1.165, 1.54) is 0 Å². The first-order chi connectivity index (χ1) is 15.0. The predicted molar refractivity (Wildman–Crippen MR) is 115 cm³/mol. The lowest BCUT2D eigenvalue weighted by atomic mass is 10.1. The molecule has 1 saturated carbocycles. The maximum absolute atomic E-state index is 11.9. The Morgan fingerprint density at radius 2 is 2.19 bits per heavy atom. The second-order valence-corrected chi connectivity index (χ2v) is 8.92. The second kappa shape index (κ2) is 7.93. The number of benzene rings is 1. The highest BCUT2D eigenvalue weighted by molar-refractivity contribution is 7.78. The summed E-state index contributed by atoms with van der Waals surface area (Å²) >= 11 is -2.19. The first-order valence-corrected chi connectivity index (χ1v) is 11.5. The van der Waals surface area contributed by atoms with Gasteiger partial charge in [0.25, 0.3) is 0 Å². The van der Waals surface area contributed by atoms with E-state index in [-0.39, 0.29) is 17.6 Å². The Balaban J connectivity index is 1.58. The summed E-state index contributed by atoms with van der Waals surface area (Å²) in [5.74, 6) is 1.21. The van der Waals surface area contributed by atoms with Crippen LogP contribution in [0.25, 0.3) is 22.4 Å². The largest absolute Gasteiger partial charge is 0.772 e. The smallest absolute Gasteiger partial charge is 0.240 e. The maximum Gasteiger partial charge on any atom is 0.240 e. The molecule has 0 saturated heterocycles. The average molecular weight is 441 g/mol. The molecule has 0 radical (unpaired) electrons. The molecule has 162 valence electrons. The highest BCUT2D eigenvalue weighted by atomic mass is 32.2. The lowest BCUT2D eigenvalue weighted by Crippen LogP contribution is -2.37. The van der Waals surface area contributed by atoms with Gasteiger partial charge in [0, 0.05) is 42.0 Å². The molecule has 1 amide bonds. The quantitative estimate of drug-likeness (QED) is 0.536. The van der Waals surface area contributed by atoms with Gasteiger partial charge in [0.1, 0.15) is 23.1 Å². The summed E-state index contributed by atoms with van der Waals surface area (Å²) in [5.41, 5.74) is 9.29. The molecular weight excluding hydrogens is 418 g/mol. The first kappa shape index (κ1) is 20.0. The fourth-order valence-electron chi connectivity index (χ4n) is 4.12. The van der Waals surface area contributed by atoms with Crippen molar-refractivity contribution in [3.8, 4) is 17.1 Å². The van der Waals surface area contributed by atoms with E-state index in [0.29, 0.717) is 23.7 Å². The fourth-order valence-corrected chi connectivity index (χ4v) is 4.55. The van der Waals surface area contributed by atoms with Crippen molar-refractivity contribution in [3.05, 3.63) is 36.2 Å². The van der Waals surface area contributed by atoms with Crippen molar-refractivity contribution in [2.45, 2.75) is 37.6 Å². The van der Waals surface area contributed by atoms with E-state index in [9.17, 15) is 13.6 Å². The highest BCUT2D eigenvalue weighted by Gasteiger charge is 2.35. The van der Waals surface area contributed by atoms with Crippen molar-refractivity contribution in [2.75, 3.05) is 11.9 Å². The number of carbonyl (C=O) groups is 1. The van der Waals surface area contributed by atoms with E-state index in [2.05, 4.69) is 14.9 Å². The zero-order valence-corrected chi connectivity index (χ0v) is 17.6. The van der Waals surface area contributed by atoms with Crippen LogP contribution in [0.15, 0.2) is 30.6 Å². The molecule has 3 aromatic rings. The van der Waals surface area contributed by atoms with Crippen LogP contribution in [0.1, 0.15) is 24.8 Å². The van der Waals surface area contributed by atoms with Crippen LogP contribution < -0.4 is 15.8 Å². The third-order valence-corrected chi connectivity index (χ3v) is 6.22. The molecule has 0 bridgehead atoms. The standard InChI is InChI=1S/C21H23N5O4S/c22-20(27)18(13-2-3-13)24-15-7-16-19-17(8-15)30-5-1-4-26(19)21(25-16)14-6-12(9-23-10-14)11-31(28)29/h6-10,13,18,24H,1-5,11H2,(H2,22,27)(H,28,29)/p-1/t18-/m0/s1. The van der Waals surface area contributed by atoms with Gasteiger partial charge in [-0.2, -0.15) is 0 Å². The minimum atomic E-state index is -2.19. The lowest BCUT2D eigenvalue weighted by molar-refractivity contribution is -0.119. The van der Waals surface area contributed by atoms with Crippen molar-refractivity contribution in [2.24, 2.45) is 11.7 Å². The minimum absolute atomic E-state index is 0.0980. The molecule has 2 aromatic heterocycles. The van der Waals surface area contributed by atoms with Gasteiger partial charge >= 0.3 is 0 Å². The molecule has 1 aliphatic heterocycles. The second-order valence-electron chi connectivity index (χ2n) is 8.02. The number of anilines is 1. The Bertz CT molecular complexity index is 1190. The number of nitrogens with one attached hydrogen (secondary N) is 1. The Morgan fingerprint density at radius 3 is 2.94 bits per heavy atom. The summed E-state index contributed by atoms with van der Waals surface area (Å²) < 4.78 is 30.3. The van der Waals surface area contributed by atoms with Crippen LogP contribution in [0, 0.1) is 5.92 Å². The third-order valence-electron chi connectivity index (χ3n) is 5.65. The highest BCUT2D eigenvalue weighted by Crippen LogP contribution is 2.38. The minimum Gasteiger partial charge on any atom is -0.772 e. The molecule has 2 aliphatic rings. The van der Waals surface area contributed by atoms with Crippen LogP contribution in [-0.2, 0) is 28.2 Å². The Kier molecular flexibility index (Phi) is 5.11. The van der Waals surface area contributed by atoms with E-state index in [4.69, 9.17) is 15.5 Å². The summed E-state index contributed by atoms with van der Waals surface area (Å²) in [5, 5.41) is 3.27. The molecule has 5 rings (SSSR count). The lowest BCUT2D eigenvalue weighted by Gasteiger charge is -2.17. The molecule has 3 N–H and O–H groups in total. The molecule has 1 aromatic carbocycles. The number of ether oxygens (including phenoxy) is 1. The SMILES string of the molecule is NC(=O)[C@@H](Nc1cc2c3c(c1)nc(-c1cncc(CS(=O)[O-])c1)n3CCCO2)C1CC1. The van der Waals surface area contributed by atoms with Crippen molar-refractivity contribution in [3.63, 3.8) is 0 Å². The Morgan fingerprint density at radius 1 is 1.35 bits per heavy atom. The predicted octanol–water partition coefficient (Wildman–Crippen LogP) is 1.94. The van der Waals surface area contributed by atoms with Crippen LogP contribution in [-0.4, -0.2) is 41.9 Å². The topological polar surface area (TPSA) is 135 Å². The van der Waals surface area contributed by atoms with Gasteiger partial charge in [-0.3, -0.25) is 14.0 Å². The number of aromatic nitrogens is 3. The molecule has 3 heterocycles. The number of primary amides is 1. The van der Waals surface area contributed by atoms with E-state index in [0.717, 1.165) is 48.1 Å². The normalized spacial score (nSPS) is 17.6. The molecule has 9 nitrogen and oxygen atoms in total. The molecule has 31 heavy (non-hydrogen) atoms. The van der Waals surface area contributed by atoms with E-state index in [1.807, 2.05) is 12.1 Å². The van der Waals surface area contributed by atoms with Gasteiger partial charge in [0.2, 0.25) is 5.91 Å². The average Bonchev–Trinajstić information content (AvgIpc) is 3.52. The summed E-state index contributed by atoms with van der Waals surface area (Å²) in [6.45, 7) is 1.28. The van der Waals surface area contributed by atoms with E-state index >= 15 is 0 Å². The van der Waals surface area contributed by atoms with Gasteiger partial charge < -0.3 is 24.9 Å². The monoisotopic (exact) mass is 440 g/mol. The van der Waals surface area contributed by atoms with Crippen molar-refractivity contribution < 1.29 is 18.3 Å². The van der Waals surface area contributed by atoms with Gasteiger partial charge in [-0.15, -0.1) is 0 Å². The maximum atomic E-state index is 11.9. The Labute approximate surface area is 181 Å². The molecular formula is C21H22N5O4S-. The summed E-state index contributed by atoms with van der Waals surface area (Å²) in [6, 6.07) is 5.18. The number of rotatable bonds is 7. The number of aryl methyl sites for hydroxylation is 1. The van der Waals surface area contributed by atoms with E-state index in [1.54, 1.807) is 18.5 Å². The van der Waals surface area contributed by atoms with Crippen LogP contribution in [0.3, 0.4) is 0 Å². The van der Waals surface area contributed by atoms with Crippen LogP contribution in [0.4, 0.5) is 5.69 Å². The molecule has 10 heteroatoms. The van der Waals surface area contributed by atoms with Crippen molar-refractivity contribution in [1.29, 1.82) is 0 Å². The van der Waals surface area contributed by atoms with Gasteiger partial charge in [-0.1, -0.05) is 11.1 Å². The zero-order valence-electron chi connectivity index (χ0n) is 16.7. The number of hydrogen-bond acceptors (Lipinski definition) is 7. The van der Waals surface area contributed by atoms with E-state index < -0.39 is 17.1 Å². The van der Waals surface area contributed by atoms with Crippen LogP contribution >= 0.6 is 0 Å². The molecule has 1 fully saturated rings. The number of imidazole rings is 1. The molecule has 0 spiro atoms. The summed E-state index contributed by atoms with van der Waals surface area (Å²) in [6.07, 6.45) is 6.01. The number of hydrogen-bond donors (Lipinski definition) is 2. The number of carbonyl (C=O) groups excluding carboxylic acids is 1. The van der Waals surface area contributed by atoms with Gasteiger partial charge in [0.05, 0.1) is 12.1 Å². The Hall–Kier alpha value is -2.98. The third kappa shape index (κ3) is 4.00. The molecule has 1 aliphatic carbocycles. The number of nitrogens with two attached hydrogens (primary N) is 1. The summed E-state index contributed by atoms with van der Waals surface area (Å²) in [4.78, 5) is 20.9. The van der Waals surface area contributed by atoms with Crippen LogP contribution in [0.5, 0.6) is 5.75 Å². The fraction of sp³-hybridized carbons (Fsp3) is 0.381. The number of amides is 1. The molecule has 2 atom stereocenters. The van der Waals surface area contributed by atoms with Crippen molar-refractivity contribution in [1.82, 2.24) is 14.5 Å². The summed E-state index contributed by atoms with van der Waals surface area (Å²) in [7, 11) is 0. The molecule has 1 unspecified atom stereocenters. The zero-order chi connectivity index (χ0) is 21.5. The van der Waals surface area contributed by atoms with Gasteiger partial charge in [-0.05, 0) is 42.9 Å². The van der Waals surface area contributed by atoms with Gasteiger partial charge in [-0.25, -0.2) is 4.98 Å². The number of pyridine rings is 1. The van der Waals surface area contributed by atoms with Gasteiger partial charge in [0.15, 0.2) is 0 Å². The van der Waals surface area contributed by atoms with Crippen molar-refractivity contribution >= 4 is 33.7 Å². The first-order valence-electron chi connectivity index (χ1n) is 10.2. The number of nitrogens with zero attached hydrogens (tertiary/aromatic N) is 3. The van der Waals surface area contributed by atoms with Crippen LogP contribution in [0.2, 0.25) is 0 Å².